The predicted octanol–water partition coefficient (Wildman–Crippen LogP) is 3.74. The van der Waals surface area contributed by atoms with Crippen LogP contribution in [0.2, 0.25) is 0 Å². The molecule has 0 spiro atoms. The molecule has 1 atom stereocenters. The number of hydrogen-bond acceptors (Lipinski definition) is 6. The summed E-state index contributed by atoms with van der Waals surface area (Å²) >= 11 is 0. The summed E-state index contributed by atoms with van der Waals surface area (Å²) < 4.78 is 23.6. The monoisotopic (exact) mass is 410 g/mol. The van der Waals surface area contributed by atoms with Gasteiger partial charge in [-0.15, -0.1) is 0 Å². The van der Waals surface area contributed by atoms with Crippen molar-refractivity contribution >= 4 is 11.6 Å². The molecule has 1 unspecified atom stereocenters. The minimum atomic E-state index is -0.310. The number of nitrogens with zero attached hydrogens (tertiary/aromatic N) is 3. The summed E-state index contributed by atoms with van der Waals surface area (Å²) in [5.74, 6) is 1.23. The highest BCUT2D eigenvalue weighted by Gasteiger charge is 2.27. The molecule has 1 aliphatic heterocycles. The molecule has 1 fully saturated rings. The third-order valence-electron chi connectivity index (χ3n) is 5.16. The quantitative estimate of drug-likeness (QED) is 0.667. The normalized spacial score (nSPS) is 16.9. The number of piperidine rings is 1. The van der Waals surface area contributed by atoms with Gasteiger partial charge in [0.05, 0.1) is 19.6 Å². The van der Waals surface area contributed by atoms with Gasteiger partial charge < -0.3 is 14.6 Å². The molecule has 0 radical (unpaired) electrons. The van der Waals surface area contributed by atoms with Crippen LogP contribution in [0.5, 0.6) is 5.75 Å². The second-order valence-corrected chi connectivity index (χ2v) is 7.31. The van der Waals surface area contributed by atoms with Crippen molar-refractivity contribution in [3.63, 3.8) is 0 Å². The van der Waals surface area contributed by atoms with Gasteiger partial charge in [0, 0.05) is 17.8 Å². The number of likely N-dealkylation sites (tertiary alicyclic amines) is 1. The zero-order valence-corrected chi connectivity index (χ0v) is 16.7. The van der Waals surface area contributed by atoms with Gasteiger partial charge in [-0.25, -0.2) is 4.39 Å². The molecule has 4 rings (SSSR count). The average molecular weight is 410 g/mol. The number of carbonyl (C=O) groups is 1. The van der Waals surface area contributed by atoms with Crippen molar-refractivity contribution in [1.82, 2.24) is 15.0 Å². The van der Waals surface area contributed by atoms with Crippen molar-refractivity contribution in [2.75, 3.05) is 25.5 Å². The van der Waals surface area contributed by atoms with E-state index in [-0.39, 0.29) is 17.6 Å². The largest absolute Gasteiger partial charge is 0.497 e. The van der Waals surface area contributed by atoms with Crippen LogP contribution in [0.3, 0.4) is 0 Å². The highest BCUT2D eigenvalue weighted by atomic mass is 19.1. The van der Waals surface area contributed by atoms with Crippen molar-refractivity contribution in [3.05, 3.63) is 60.2 Å². The van der Waals surface area contributed by atoms with Gasteiger partial charge in [-0.1, -0.05) is 5.16 Å². The highest BCUT2D eigenvalue weighted by Crippen LogP contribution is 2.22. The van der Waals surface area contributed by atoms with Crippen LogP contribution in [0.4, 0.5) is 10.1 Å². The van der Waals surface area contributed by atoms with Crippen LogP contribution in [0.1, 0.15) is 18.7 Å². The summed E-state index contributed by atoms with van der Waals surface area (Å²) in [6.07, 6.45) is 1.75. The fourth-order valence-corrected chi connectivity index (χ4v) is 3.56. The second-order valence-electron chi connectivity index (χ2n) is 7.31. The fraction of sp³-hybridized carbons (Fsp3) is 0.318. The summed E-state index contributed by atoms with van der Waals surface area (Å²) in [6, 6.07) is 13.2. The molecule has 8 heteroatoms. The molecule has 2 heterocycles. The lowest BCUT2D eigenvalue weighted by molar-refractivity contribution is -0.121. The molecule has 156 valence electrons. The van der Waals surface area contributed by atoms with Crippen molar-refractivity contribution in [3.8, 4) is 17.1 Å². The van der Waals surface area contributed by atoms with Crippen molar-refractivity contribution in [2.24, 2.45) is 5.92 Å². The van der Waals surface area contributed by atoms with E-state index in [0.717, 1.165) is 30.8 Å². The van der Waals surface area contributed by atoms with Crippen LogP contribution in [0, 0.1) is 11.7 Å². The van der Waals surface area contributed by atoms with Gasteiger partial charge in [-0.3, -0.25) is 9.69 Å². The number of anilines is 1. The number of rotatable bonds is 6. The standard InChI is InChI=1S/C22H23FN4O3/c1-29-19-10-8-18(9-11-19)24-22(28)16-3-2-12-27(13-16)14-20-25-21(26-30-20)15-4-6-17(23)7-5-15/h4-11,16H,2-3,12-14H2,1H3,(H,24,28). The van der Waals surface area contributed by atoms with Crippen molar-refractivity contribution < 1.29 is 18.4 Å². The van der Waals surface area contributed by atoms with Gasteiger partial charge in [-0.05, 0) is 67.9 Å². The summed E-state index contributed by atoms with van der Waals surface area (Å²) in [5, 5.41) is 6.96. The van der Waals surface area contributed by atoms with Gasteiger partial charge >= 0.3 is 0 Å². The molecular formula is C22H23FN4O3. The lowest BCUT2D eigenvalue weighted by atomic mass is 9.97. The van der Waals surface area contributed by atoms with E-state index in [2.05, 4.69) is 20.4 Å². The fourth-order valence-electron chi connectivity index (χ4n) is 3.56. The Labute approximate surface area is 173 Å². The summed E-state index contributed by atoms with van der Waals surface area (Å²) in [7, 11) is 1.61. The first-order valence-electron chi connectivity index (χ1n) is 9.86. The maximum absolute atomic E-state index is 13.1. The first-order chi connectivity index (χ1) is 14.6. The number of nitrogens with one attached hydrogen (secondary N) is 1. The topological polar surface area (TPSA) is 80.5 Å². The Morgan fingerprint density at radius 2 is 2.00 bits per heavy atom. The zero-order valence-electron chi connectivity index (χ0n) is 16.7. The Hall–Kier alpha value is -3.26. The molecular weight excluding hydrogens is 387 g/mol. The Morgan fingerprint density at radius 1 is 1.23 bits per heavy atom. The minimum Gasteiger partial charge on any atom is -0.497 e. The van der Waals surface area contributed by atoms with E-state index in [1.807, 2.05) is 24.3 Å². The van der Waals surface area contributed by atoms with Crippen LogP contribution in [-0.2, 0) is 11.3 Å². The first kappa shape index (κ1) is 20.0. The molecule has 0 saturated carbocycles. The highest BCUT2D eigenvalue weighted by molar-refractivity contribution is 5.92. The molecule has 0 aliphatic carbocycles. The molecule has 3 aromatic rings. The van der Waals surface area contributed by atoms with Crippen molar-refractivity contribution in [2.45, 2.75) is 19.4 Å². The number of carbonyl (C=O) groups excluding carboxylic acids is 1. The number of aromatic nitrogens is 2. The molecule has 2 aromatic carbocycles. The third-order valence-corrected chi connectivity index (χ3v) is 5.16. The van der Waals surface area contributed by atoms with Crippen LogP contribution in [0.25, 0.3) is 11.4 Å². The van der Waals surface area contributed by atoms with Gasteiger partial charge in [0.25, 0.3) is 0 Å². The number of hydrogen-bond donors (Lipinski definition) is 1. The maximum atomic E-state index is 13.1. The number of amides is 1. The summed E-state index contributed by atoms with van der Waals surface area (Å²) in [6.45, 7) is 1.96. The number of benzene rings is 2. The lowest BCUT2D eigenvalue weighted by Crippen LogP contribution is -2.40. The summed E-state index contributed by atoms with van der Waals surface area (Å²) in [4.78, 5) is 19.2. The van der Waals surface area contributed by atoms with E-state index in [9.17, 15) is 9.18 Å². The Kier molecular flexibility index (Phi) is 6.04. The molecule has 1 aromatic heterocycles. The Balaban J connectivity index is 1.34. The van der Waals surface area contributed by atoms with Crippen LogP contribution in [0.15, 0.2) is 53.1 Å². The van der Waals surface area contributed by atoms with Gasteiger partial charge in [0.1, 0.15) is 11.6 Å². The average Bonchev–Trinajstić information content (AvgIpc) is 3.23. The maximum Gasteiger partial charge on any atom is 0.241 e. The predicted molar refractivity (Wildman–Crippen MR) is 109 cm³/mol. The SMILES string of the molecule is COc1ccc(NC(=O)C2CCCN(Cc3nc(-c4ccc(F)cc4)no3)C2)cc1. The van der Waals surface area contributed by atoms with E-state index < -0.39 is 0 Å². The molecule has 0 bridgehead atoms. The van der Waals surface area contributed by atoms with Crippen LogP contribution < -0.4 is 10.1 Å². The molecule has 1 aliphatic rings. The molecule has 1 N–H and O–H groups in total. The Bertz CT molecular complexity index is 988. The number of ether oxygens (including phenoxy) is 1. The zero-order chi connectivity index (χ0) is 20.9. The van der Waals surface area contributed by atoms with E-state index in [0.29, 0.717) is 30.4 Å². The summed E-state index contributed by atoms with van der Waals surface area (Å²) in [5.41, 5.74) is 1.44. The van der Waals surface area contributed by atoms with Crippen LogP contribution >= 0.6 is 0 Å². The van der Waals surface area contributed by atoms with E-state index in [4.69, 9.17) is 9.26 Å². The number of halogens is 1. The molecule has 30 heavy (non-hydrogen) atoms. The van der Waals surface area contributed by atoms with E-state index >= 15 is 0 Å². The van der Waals surface area contributed by atoms with E-state index in [1.54, 1.807) is 19.2 Å². The molecule has 1 amide bonds. The van der Waals surface area contributed by atoms with Gasteiger partial charge in [-0.2, -0.15) is 4.98 Å². The minimum absolute atomic E-state index is 0.00222. The number of methoxy groups -OCH3 is 1. The molecule has 1 saturated heterocycles. The van der Waals surface area contributed by atoms with Gasteiger partial charge in [0.2, 0.25) is 17.6 Å². The van der Waals surface area contributed by atoms with Crippen LogP contribution in [-0.4, -0.2) is 41.1 Å². The smallest absolute Gasteiger partial charge is 0.241 e. The Morgan fingerprint density at radius 3 is 2.73 bits per heavy atom. The van der Waals surface area contributed by atoms with E-state index in [1.165, 1.54) is 12.1 Å². The van der Waals surface area contributed by atoms with Gasteiger partial charge in [0.15, 0.2) is 0 Å². The third kappa shape index (κ3) is 4.83. The van der Waals surface area contributed by atoms with Crippen molar-refractivity contribution in [1.29, 1.82) is 0 Å². The first-order valence-corrected chi connectivity index (χ1v) is 9.86. The lowest BCUT2D eigenvalue weighted by Gasteiger charge is -2.30. The molecule has 7 nitrogen and oxygen atoms in total. The second kappa shape index (κ2) is 9.04.